The van der Waals surface area contributed by atoms with Crippen molar-refractivity contribution in [1.82, 2.24) is 10.4 Å². The Bertz CT molecular complexity index is 552. The average Bonchev–Trinajstić information content (AvgIpc) is 2.40. The number of hydrogen-bond donors (Lipinski definition) is 1. The van der Waals surface area contributed by atoms with Crippen molar-refractivity contribution in [3.8, 4) is 0 Å². The van der Waals surface area contributed by atoms with Crippen LogP contribution in [0.3, 0.4) is 0 Å². The Morgan fingerprint density at radius 1 is 1.28 bits per heavy atom. The fourth-order valence-electron chi connectivity index (χ4n) is 1.28. The highest BCUT2D eigenvalue weighted by Crippen LogP contribution is 2.09. The van der Waals surface area contributed by atoms with Crippen LogP contribution in [0.15, 0.2) is 53.9 Å². The third kappa shape index (κ3) is 3.40. The molecule has 0 aliphatic heterocycles. The van der Waals surface area contributed by atoms with Crippen LogP contribution in [-0.4, -0.2) is 17.1 Å². The molecule has 0 unspecified atom stereocenters. The molecular formula is C13H10ClN3O. The van der Waals surface area contributed by atoms with Crippen LogP contribution in [0.5, 0.6) is 0 Å². The lowest BCUT2D eigenvalue weighted by molar-refractivity contribution is 0.0955. The number of nitrogens with one attached hydrogen (secondary N) is 1. The number of benzene rings is 1. The van der Waals surface area contributed by atoms with E-state index in [0.717, 1.165) is 5.56 Å². The molecule has 0 aliphatic rings. The zero-order valence-electron chi connectivity index (χ0n) is 9.38. The molecule has 1 heterocycles. The lowest BCUT2D eigenvalue weighted by Crippen LogP contribution is -2.17. The Labute approximate surface area is 109 Å². The molecule has 2 aromatic rings. The first-order valence-corrected chi connectivity index (χ1v) is 5.62. The molecule has 0 bridgehead atoms. The van der Waals surface area contributed by atoms with Crippen LogP contribution in [0.2, 0.25) is 5.02 Å². The minimum atomic E-state index is -0.285. The predicted molar refractivity (Wildman–Crippen MR) is 70.7 cm³/mol. The summed E-state index contributed by atoms with van der Waals surface area (Å²) < 4.78 is 0. The largest absolute Gasteiger partial charge is 0.271 e. The summed E-state index contributed by atoms with van der Waals surface area (Å²) in [5.74, 6) is -0.285. The SMILES string of the molecule is O=C(NN=Cc1cccnc1)c1ccc(Cl)cc1. The van der Waals surface area contributed by atoms with E-state index < -0.39 is 0 Å². The topological polar surface area (TPSA) is 54.4 Å². The van der Waals surface area contributed by atoms with E-state index in [1.165, 1.54) is 6.21 Å². The summed E-state index contributed by atoms with van der Waals surface area (Å²) in [6, 6.07) is 10.2. The van der Waals surface area contributed by atoms with Crippen molar-refractivity contribution in [2.24, 2.45) is 5.10 Å². The van der Waals surface area contributed by atoms with Gasteiger partial charge in [0, 0.05) is 28.5 Å². The molecule has 4 nitrogen and oxygen atoms in total. The standard InChI is InChI=1S/C13H10ClN3O/c14-12-5-3-11(4-6-12)13(18)17-16-9-10-2-1-7-15-8-10/h1-9H,(H,17,18). The predicted octanol–water partition coefficient (Wildman–Crippen LogP) is 2.50. The number of rotatable bonds is 3. The summed E-state index contributed by atoms with van der Waals surface area (Å²) in [6.45, 7) is 0. The number of halogens is 1. The lowest BCUT2D eigenvalue weighted by Gasteiger charge is -1.99. The molecule has 18 heavy (non-hydrogen) atoms. The van der Waals surface area contributed by atoms with E-state index in [1.54, 1.807) is 42.7 Å². The van der Waals surface area contributed by atoms with Crippen molar-refractivity contribution in [1.29, 1.82) is 0 Å². The second-order valence-corrected chi connectivity index (χ2v) is 3.93. The summed E-state index contributed by atoms with van der Waals surface area (Å²) in [5, 5.41) is 4.43. The van der Waals surface area contributed by atoms with Crippen LogP contribution in [-0.2, 0) is 0 Å². The molecule has 1 aromatic heterocycles. The van der Waals surface area contributed by atoms with Gasteiger partial charge in [-0.15, -0.1) is 0 Å². The quantitative estimate of drug-likeness (QED) is 0.680. The molecule has 0 aliphatic carbocycles. The Morgan fingerprint density at radius 2 is 2.06 bits per heavy atom. The smallest absolute Gasteiger partial charge is 0.267 e. The van der Waals surface area contributed by atoms with Gasteiger partial charge in [0.05, 0.1) is 6.21 Å². The fourth-order valence-corrected chi connectivity index (χ4v) is 1.41. The minimum absolute atomic E-state index is 0.285. The summed E-state index contributed by atoms with van der Waals surface area (Å²) >= 11 is 5.73. The minimum Gasteiger partial charge on any atom is -0.267 e. The summed E-state index contributed by atoms with van der Waals surface area (Å²) in [6.07, 6.45) is 4.85. The van der Waals surface area contributed by atoms with Gasteiger partial charge in [0.2, 0.25) is 0 Å². The monoisotopic (exact) mass is 259 g/mol. The molecule has 0 spiro atoms. The van der Waals surface area contributed by atoms with Crippen LogP contribution in [0, 0.1) is 0 Å². The summed E-state index contributed by atoms with van der Waals surface area (Å²) in [4.78, 5) is 15.6. The maximum absolute atomic E-state index is 11.7. The average molecular weight is 260 g/mol. The van der Waals surface area contributed by atoms with Gasteiger partial charge in [-0.05, 0) is 30.3 Å². The molecule has 0 atom stereocenters. The maximum Gasteiger partial charge on any atom is 0.271 e. The third-order valence-corrected chi connectivity index (χ3v) is 2.42. The van der Waals surface area contributed by atoms with Crippen molar-refractivity contribution in [3.05, 3.63) is 64.9 Å². The zero-order valence-corrected chi connectivity index (χ0v) is 10.1. The lowest BCUT2D eigenvalue weighted by atomic mass is 10.2. The summed E-state index contributed by atoms with van der Waals surface area (Å²) in [7, 11) is 0. The molecule has 1 N–H and O–H groups in total. The Hall–Kier alpha value is -2.20. The molecule has 0 saturated carbocycles. The highest BCUT2D eigenvalue weighted by molar-refractivity contribution is 6.30. The molecule has 1 amide bonds. The first-order valence-electron chi connectivity index (χ1n) is 5.25. The van der Waals surface area contributed by atoms with Gasteiger partial charge < -0.3 is 0 Å². The highest BCUT2D eigenvalue weighted by atomic mass is 35.5. The first-order chi connectivity index (χ1) is 8.75. The number of carbonyl (C=O) groups is 1. The second kappa shape index (κ2) is 5.93. The molecule has 0 radical (unpaired) electrons. The van der Waals surface area contributed by atoms with Gasteiger partial charge in [0.1, 0.15) is 0 Å². The van der Waals surface area contributed by atoms with Gasteiger partial charge in [0.15, 0.2) is 0 Å². The number of aromatic nitrogens is 1. The van der Waals surface area contributed by atoms with Crippen molar-refractivity contribution in [2.75, 3.05) is 0 Å². The van der Waals surface area contributed by atoms with Crippen molar-refractivity contribution >= 4 is 23.7 Å². The van der Waals surface area contributed by atoms with E-state index in [9.17, 15) is 4.79 Å². The van der Waals surface area contributed by atoms with Crippen LogP contribution < -0.4 is 5.43 Å². The number of amides is 1. The first kappa shape index (κ1) is 12.3. The number of pyridine rings is 1. The highest BCUT2D eigenvalue weighted by Gasteiger charge is 2.02. The van der Waals surface area contributed by atoms with Crippen LogP contribution >= 0.6 is 11.6 Å². The number of carbonyl (C=O) groups excluding carboxylic acids is 1. The van der Waals surface area contributed by atoms with Gasteiger partial charge in [-0.1, -0.05) is 17.7 Å². The van der Waals surface area contributed by atoms with Crippen LogP contribution in [0.1, 0.15) is 15.9 Å². The molecule has 5 heteroatoms. The number of hydrazone groups is 1. The Kier molecular flexibility index (Phi) is 4.04. The Balaban J connectivity index is 1.96. The molecule has 1 aromatic carbocycles. The molecule has 0 saturated heterocycles. The fraction of sp³-hybridized carbons (Fsp3) is 0. The van der Waals surface area contributed by atoms with Crippen LogP contribution in [0.4, 0.5) is 0 Å². The third-order valence-electron chi connectivity index (χ3n) is 2.17. The van der Waals surface area contributed by atoms with E-state index in [0.29, 0.717) is 10.6 Å². The normalized spacial score (nSPS) is 10.5. The van der Waals surface area contributed by atoms with Gasteiger partial charge >= 0.3 is 0 Å². The van der Waals surface area contributed by atoms with E-state index >= 15 is 0 Å². The van der Waals surface area contributed by atoms with Gasteiger partial charge in [-0.2, -0.15) is 5.10 Å². The molecule has 2 rings (SSSR count). The van der Waals surface area contributed by atoms with E-state index in [2.05, 4.69) is 15.5 Å². The zero-order chi connectivity index (χ0) is 12.8. The maximum atomic E-state index is 11.7. The van der Waals surface area contributed by atoms with Gasteiger partial charge in [-0.3, -0.25) is 9.78 Å². The molecular weight excluding hydrogens is 250 g/mol. The van der Waals surface area contributed by atoms with E-state index in [-0.39, 0.29) is 5.91 Å². The number of hydrogen-bond acceptors (Lipinski definition) is 3. The van der Waals surface area contributed by atoms with Gasteiger partial charge in [0.25, 0.3) is 5.91 Å². The Morgan fingerprint density at radius 3 is 2.72 bits per heavy atom. The number of nitrogens with zero attached hydrogens (tertiary/aromatic N) is 2. The second-order valence-electron chi connectivity index (χ2n) is 3.49. The van der Waals surface area contributed by atoms with Crippen LogP contribution in [0.25, 0.3) is 0 Å². The summed E-state index contributed by atoms with van der Waals surface area (Å²) in [5.41, 5.74) is 3.74. The molecule has 90 valence electrons. The van der Waals surface area contributed by atoms with Crippen molar-refractivity contribution in [3.63, 3.8) is 0 Å². The van der Waals surface area contributed by atoms with Crippen molar-refractivity contribution in [2.45, 2.75) is 0 Å². The molecule has 0 fully saturated rings. The van der Waals surface area contributed by atoms with E-state index in [4.69, 9.17) is 11.6 Å². The van der Waals surface area contributed by atoms with E-state index in [1.807, 2.05) is 6.07 Å². The van der Waals surface area contributed by atoms with Crippen molar-refractivity contribution < 1.29 is 4.79 Å². The van der Waals surface area contributed by atoms with Gasteiger partial charge in [-0.25, -0.2) is 5.43 Å².